The number of thioether (sulfide) groups is 1. The lowest BCUT2D eigenvalue weighted by Gasteiger charge is -2.03. The Balaban J connectivity index is 1.59. The smallest absolute Gasteiger partial charge is 0.0344 e. The Morgan fingerprint density at radius 3 is 2.04 bits per heavy atom. The SMILES string of the molecule is C=Cc1ccc(CC#Cc2cccc(SCc3ccc(C=C)cc3)c2)cc1. The van der Waals surface area contributed by atoms with Crippen molar-refractivity contribution in [2.45, 2.75) is 17.1 Å². The molecule has 132 valence electrons. The molecule has 3 aromatic rings. The maximum absolute atomic E-state index is 3.79. The second-order valence-electron chi connectivity index (χ2n) is 6.19. The average Bonchev–Trinajstić information content (AvgIpc) is 2.73. The topological polar surface area (TPSA) is 0 Å². The van der Waals surface area contributed by atoms with Gasteiger partial charge in [-0.25, -0.2) is 0 Å². The van der Waals surface area contributed by atoms with Crippen LogP contribution in [0.15, 0.2) is 90.8 Å². The van der Waals surface area contributed by atoms with Gasteiger partial charge in [0.2, 0.25) is 0 Å². The van der Waals surface area contributed by atoms with Crippen molar-refractivity contribution in [3.63, 3.8) is 0 Å². The van der Waals surface area contributed by atoms with E-state index in [1.807, 2.05) is 23.9 Å². The van der Waals surface area contributed by atoms with Gasteiger partial charge in [-0.1, -0.05) is 91.7 Å². The maximum Gasteiger partial charge on any atom is 0.0344 e. The molecule has 0 spiro atoms. The minimum absolute atomic E-state index is 0.754. The number of rotatable bonds is 6. The molecule has 27 heavy (non-hydrogen) atoms. The molecule has 0 aliphatic heterocycles. The van der Waals surface area contributed by atoms with Crippen LogP contribution in [0.2, 0.25) is 0 Å². The molecule has 0 aliphatic carbocycles. The molecule has 0 aromatic heterocycles. The zero-order chi connectivity index (χ0) is 18.9. The Hall–Kier alpha value is -2.95. The zero-order valence-corrected chi connectivity index (χ0v) is 16.1. The summed E-state index contributed by atoms with van der Waals surface area (Å²) in [6.45, 7) is 7.57. The number of benzene rings is 3. The first kappa shape index (κ1) is 18.8. The first-order valence-corrected chi connectivity index (χ1v) is 9.90. The van der Waals surface area contributed by atoms with Crippen molar-refractivity contribution in [3.05, 3.63) is 114 Å². The molecule has 0 radical (unpaired) electrons. The molecule has 0 saturated carbocycles. The van der Waals surface area contributed by atoms with Gasteiger partial charge in [0.05, 0.1) is 0 Å². The maximum atomic E-state index is 3.79. The molecule has 0 saturated heterocycles. The Labute approximate surface area is 166 Å². The summed E-state index contributed by atoms with van der Waals surface area (Å²) >= 11 is 1.83. The highest BCUT2D eigenvalue weighted by atomic mass is 32.2. The van der Waals surface area contributed by atoms with E-state index in [1.165, 1.54) is 16.0 Å². The van der Waals surface area contributed by atoms with E-state index in [-0.39, 0.29) is 0 Å². The molecule has 0 N–H and O–H groups in total. The molecular weight excluding hydrogens is 344 g/mol. The van der Waals surface area contributed by atoms with Gasteiger partial charge in [-0.3, -0.25) is 0 Å². The summed E-state index contributed by atoms with van der Waals surface area (Å²) in [5.41, 5.74) is 5.88. The van der Waals surface area contributed by atoms with Crippen LogP contribution >= 0.6 is 11.8 Å². The van der Waals surface area contributed by atoms with Crippen LogP contribution in [0.25, 0.3) is 12.2 Å². The van der Waals surface area contributed by atoms with E-state index >= 15 is 0 Å². The monoisotopic (exact) mass is 366 g/mol. The van der Waals surface area contributed by atoms with E-state index in [1.54, 1.807) is 0 Å². The van der Waals surface area contributed by atoms with Crippen molar-refractivity contribution in [3.8, 4) is 11.8 Å². The predicted octanol–water partition coefficient (Wildman–Crippen LogP) is 6.86. The van der Waals surface area contributed by atoms with Crippen LogP contribution in [0, 0.1) is 11.8 Å². The summed E-state index contributed by atoms with van der Waals surface area (Å²) in [7, 11) is 0. The van der Waals surface area contributed by atoms with E-state index < -0.39 is 0 Å². The fraction of sp³-hybridized carbons (Fsp3) is 0.0769. The summed E-state index contributed by atoms with van der Waals surface area (Å²) in [5, 5.41) is 0. The van der Waals surface area contributed by atoms with Gasteiger partial charge in [0.1, 0.15) is 0 Å². The van der Waals surface area contributed by atoms with E-state index in [0.717, 1.165) is 28.9 Å². The molecule has 0 fully saturated rings. The highest BCUT2D eigenvalue weighted by molar-refractivity contribution is 7.98. The number of hydrogen-bond donors (Lipinski definition) is 0. The summed E-state index contributed by atoms with van der Waals surface area (Å²) < 4.78 is 0. The van der Waals surface area contributed by atoms with Crippen LogP contribution in [0.5, 0.6) is 0 Å². The second-order valence-corrected chi connectivity index (χ2v) is 7.24. The molecule has 0 atom stereocenters. The fourth-order valence-corrected chi connectivity index (χ4v) is 3.51. The van der Waals surface area contributed by atoms with Crippen LogP contribution in [0.1, 0.15) is 27.8 Å². The summed E-state index contributed by atoms with van der Waals surface area (Å²) in [4.78, 5) is 1.24. The Morgan fingerprint density at radius 1 is 0.778 bits per heavy atom. The molecule has 0 nitrogen and oxygen atoms in total. The Kier molecular flexibility index (Phi) is 6.74. The third-order valence-electron chi connectivity index (χ3n) is 4.20. The fourth-order valence-electron chi connectivity index (χ4n) is 2.60. The highest BCUT2D eigenvalue weighted by Crippen LogP contribution is 2.23. The standard InChI is InChI=1S/C26H22S/c1-3-21-11-15-23(16-12-21)7-5-8-24-9-6-10-26(19-24)27-20-25-17-13-22(4-2)14-18-25/h3-4,6,9-19H,1-2,7,20H2. The van der Waals surface area contributed by atoms with Gasteiger partial charge in [-0.05, 0) is 40.5 Å². The molecule has 0 aliphatic rings. The first-order chi connectivity index (χ1) is 13.3. The van der Waals surface area contributed by atoms with E-state index in [0.29, 0.717) is 0 Å². The lowest BCUT2D eigenvalue weighted by Crippen LogP contribution is -1.83. The molecule has 0 heterocycles. The molecular formula is C26H22S. The van der Waals surface area contributed by atoms with Crippen LogP contribution in [-0.4, -0.2) is 0 Å². The van der Waals surface area contributed by atoms with Gasteiger partial charge in [-0.15, -0.1) is 11.8 Å². The third kappa shape index (κ3) is 5.78. The molecule has 0 amide bonds. The van der Waals surface area contributed by atoms with Gasteiger partial charge < -0.3 is 0 Å². The van der Waals surface area contributed by atoms with Gasteiger partial charge in [0.15, 0.2) is 0 Å². The average molecular weight is 367 g/mol. The van der Waals surface area contributed by atoms with Crippen molar-refractivity contribution in [2.75, 3.05) is 0 Å². The van der Waals surface area contributed by atoms with Gasteiger partial charge in [-0.2, -0.15) is 0 Å². The lowest BCUT2D eigenvalue weighted by atomic mass is 10.1. The quantitative estimate of drug-likeness (QED) is 0.339. The second kappa shape index (κ2) is 9.67. The van der Waals surface area contributed by atoms with Crippen molar-refractivity contribution < 1.29 is 0 Å². The molecule has 0 unspecified atom stereocenters. The van der Waals surface area contributed by atoms with Crippen molar-refractivity contribution >= 4 is 23.9 Å². The molecule has 3 aromatic carbocycles. The number of hydrogen-bond acceptors (Lipinski definition) is 1. The lowest BCUT2D eigenvalue weighted by molar-refractivity contribution is 1.31. The summed E-state index contributed by atoms with van der Waals surface area (Å²) in [5.74, 6) is 7.50. The van der Waals surface area contributed by atoms with E-state index in [4.69, 9.17) is 0 Å². The van der Waals surface area contributed by atoms with Gasteiger partial charge in [0.25, 0.3) is 0 Å². The van der Waals surface area contributed by atoms with Crippen LogP contribution in [-0.2, 0) is 12.2 Å². The third-order valence-corrected chi connectivity index (χ3v) is 5.26. The highest BCUT2D eigenvalue weighted by Gasteiger charge is 1.98. The summed E-state index contributed by atoms with van der Waals surface area (Å²) in [6, 6.07) is 25.3. The van der Waals surface area contributed by atoms with E-state index in [2.05, 4.69) is 97.8 Å². The molecule has 0 bridgehead atoms. The van der Waals surface area contributed by atoms with Crippen LogP contribution < -0.4 is 0 Å². The zero-order valence-electron chi connectivity index (χ0n) is 15.3. The normalized spacial score (nSPS) is 9.93. The minimum Gasteiger partial charge on any atom is -0.121 e. The van der Waals surface area contributed by atoms with Crippen LogP contribution in [0.4, 0.5) is 0 Å². The Bertz CT molecular complexity index is 967. The van der Waals surface area contributed by atoms with E-state index in [9.17, 15) is 0 Å². The van der Waals surface area contributed by atoms with Gasteiger partial charge >= 0.3 is 0 Å². The van der Waals surface area contributed by atoms with Crippen molar-refractivity contribution in [1.29, 1.82) is 0 Å². The first-order valence-electron chi connectivity index (χ1n) is 8.91. The summed E-state index contributed by atoms with van der Waals surface area (Å²) in [6.07, 6.45) is 4.48. The minimum atomic E-state index is 0.754. The van der Waals surface area contributed by atoms with Crippen molar-refractivity contribution in [2.24, 2.45) is 0 Å². The molecule has 1 heteroatoms. The van der Waals surface area contributed by atoms with Gasteiger partial charge in [0, 0.05) is 22.6 Å². The largest absolute Gasteiger partial charge is 0.121 e. The van der Waals surface area contributed by atoms with Crippen molar-refractivity contribution in [1.82, 2.24) is 0 Å². The molecule has 3 rings (SSSR count). The predicted molar refractivity (Wildman–Crippen MR) is 120 cm³/mol. The van der Waals surface area contributed by atoms with Crippen LogP contribution in [0.3, 0.4) is 0 Å². The Morgan fingerprint density at radius 2 is 1.41 bits per heavy atom.